The van der Waals surface area contributed by atoms with E-state index in [0.29, 0.717) is 12.5 Å². The summed E-state index contributed by atoms with van der Waals surface area (Å²) in [5.74, 6) is 1.48. The topological polar surface area (TPSA) is 64.7 Å². The minimum absolute atomic E-state index is 0.0857. The van der Waals surface area contributed by atoms with Gasteiger partial charge in [-0.15, -0.1) is 0 Å². The number of ether oxygens (including phenoxy) is 2. The number of benzene rings is 3. The Balaban J connectivity index is 1.27. The van der Waals surface area contributed by atoms with Crippen molar-refractivity contribution in [2.24, 2.45) is 11.7 Å². The average Bonchev–Trinajstić information content (AvgIpc) is 2.72. The second-order valence-electron chi connectivity index (χ2n) is 8.38. The van der Waals surface area contributed by atoms with Gasteiger partial charge < -0.3 is 20.3 Å². The van der Waals surface area contributed by atoms with Crippen LogP contribution in [0.2, 0.25) is 0 Å². The smallest absolute Gasteiger partial charge is 0.120 e. The van der Waals surface area contributed by atoms with Crippen LogP contribution in [0.4, 0.5) is 0 Å². The Bertz CT molecular complexity index is 949. The van der Waals surface area contributed by atoms with Crippen LogP contribution in [-0.2, 0) is 16.9 Å². The molecular weight excluding hydrogens is 362 g/mol. The highest BCUT2D eigenvalue weighted by atomic mass is 16.5. The molecule has 0 spiro atoms. The Kier molecular flexibility index (Phi) is 5.86. The van der Waals surface area contributed by atoms with Crippen molar-refractivity contribution in [1.29, 1.82) is 0 Å². The zero-order valence-electron chi connectivity index (χ0n) is 16.9. The van der Waals surface area contributed by atoms with Crippen LogP contribution in [0.1, 0.15) is 30.9 Å². The van der Waals surface area contributed by atoms with Gasteiger partial charge in [0.2, 0.25) is 0 Å². The summed E-state index contributed by atoms with van der Waals surface area (Å²) < 4.78 is 12.0. The van der Waals surface area contributed by atoms with Gasteiger partial charge in [-0.25, -0.2) is 0 Å². The van der Waals surface area contributed by atoms with E-state index in [1.165, 1.54) is 5.56 Å². The van der Waals surface area contributed by atoms with Crippen molar-refractivity contribution >= 4 is 10.8 Å². The lowest BCUT2D eigenvalue weighted by atomic mass is 9.83. The van der Waals surface area contributed by atoms with Gasteiger partial charge in [0, 0.05) is 0 Å². The van der Waals surface area contributed by atoms with Crippen molar-refractivity contribution in [3.05, 3.63) is 77.9 Å². The molecule has 29 heavy (non-hydrogen) atoms. The fourth-order valence-corrected chi connectivity index (χ4v) is 3.76. The fraction of sp³-hybridized carbons (Fsp3) is 0.360. The highest BCUT2D eigenvalue weighted by Gasteiger charge is 2.31. The van der Waals surface area contributed by atoms with Crippen molar-refractivity contribution in [2.75, 3.05) is 13.2 Å². The van der Waals surface area contributed by atoms with Crippen LogP contribution in [0.3, 0.4) is 0 Å². The molecule has 0 saturated heterocycles. The lowest BCUT2D eigenvalue weighted by molar-refractivity contribution is -0.00245. The third-order valence-electron chi connectivity index (χ3n) is 5.76. The highest BCUT2D eigenvalue weighted by Crippen LogP contribution is 2.33. The third-order valence-corrected chi connectivity index (χ3v) is 5.76. The van der Waals surface area contributed by atoms with Gasteiger partial charge in [0.25, 0.3) is 0 Å². The number of aliphatic hydroxyl groups excluding tert-OH is 1. The monoisotopic (exact) mass is 391 g/mol. The van der Waals surface area contributed by atoms with E-state index >= 15 is 0 Å². The maximum absolute atomic E-state index is 9.48. The lowest BCUT2D eigenvalue weighted by Crippen LogP contribution is -2.36. The largest absolute Gasteiger partial charge is 0.490 e. The fourth-order valence-electron chi connectivity index (χ4n) is 3.76. The van der Waals surface area contributed by atoms with Crippen LogP contribution >= 0.6 is 0 Å². The number of rotatable bonds is 8. The molecule has 4 heteroatoms. The molecule has 1 aliphatic carbocycles. The molecule has 1 saturated carbocycles. The molecule has 1 fully saturated rings. The quantitative estimate of drug-likeness (QED) is 0.598. The molecule has 0 amide bonds. The second-order valence-corrected chi connectivity index (χ2v) is 8.38. The van der Waals surface area contributed by atoms with Crippen LogP contribution in [0.15, 0.2) is 66.7 Å². The molecule has 1 atom stereocenters. The summed E-state index contributed by atoms with van der Waals surface area (Å²) in [6, 6.07) is 22.5. The first-order chi connectivity index (χ1) is 14.0. The Morgan fingerprint density at radius 1 is 1.00 bits per heavy atom. The van der Waals surface area contributed by atoms with E-state index in [-0.39, 0.29) is 12.7 Å². The second kappa shape index (κ2) is 8.54. The van der Waals surface area contributed by atoms with E-state index in [0.717, 1.165) is 41.5 Å². The zero-order valence-corrected chi connectivity index (χ0v) is 16.9. The molecule has 4 rings (SSSR count). The van der Waals surface area contributed by atoms with E-state index in [1.54, 1.807) is 0 Å². The van der Waals surface area contributed by atoms with E-state index in [4.69, 9.17) is 15.2 Å². The van der Waals surface area contributed by atoms with Gasteiger partial charge in [-0.05, 0) is 65.8 Å². The maximum atomic E-state index is 9.48. The van der Waals surface area contributed by atoms with Crippen LogP contribution in [0.25, 0.3) is 10.8 Å². The number of fused-ring (bicyclic) bond motifs is 1. The molecule has 0 radical (unpaired) electrons. The molecule has 3 aromatic carbocycles. The molecule has 0 aromatic heterocycles. The predicted octanol–water partition coefficient (Wildman–Crippen LogP) is 4.38. The Hall–Kier alpha value is -2.40. The summed E-state index contributed by atoms with van der Waals surface area (Å²) in [5, 5.41) is 11.7. The van der Waals surface area contributed by atoms with Gasteiger partial charge in [-0.3, -0.25) is 0 Å². The molecule has 152 valence electrons. The van der Waals surface area contributed by atoms with Crippen molar-refractivity contribution < 1.29 is 14.6 Å². The van der Waals surface area contributed by atoms with E-state index < -0.39 is 5.54 Å². The number of hydrogen-bond acceptors (Lipinski definition) is 4. The normalized spacial score (nSPS) is 20.8. The Morgan fingerprint density at radius 3 is 2.48 bits per heavy atom. The number of nitrogens with two attached hydrogens (primary N) is 1. The molecular formula is C25H29NO3. The van der Waals surface area contributed by atoms with Gasteiger partial charge in [0.05, 0.1) is 31.5 Å². The molecule has 0 aliphatic heterocycles. The van der Waals surface area contributed by atoms with Gasteiger partial charge in [-0.1, -0.05) is 48.5 Å². The first kappa shape index (κ1) is 19.9. The Labute approximate surface area is 172 Å². The summed E-state index contributed by atoms with van der Waals surface area (Å²) in [4.78, 5) is 0. The SMILES string of the molecule is C[C@](N)(CO)c1ccc2cc(O[C@H]3C[C@H](COCc4ccccc4)C3)ccc2c1. The number of hydrogen-bond donors (Lipinski definition) is 2. The minimum Gasteiger partial charge on any atom is -0.490 e. The molecule has 3 N–H and O–H groups in total. The van der Waals surface area contributed by atoms with Gasteiger partial charge in [0.1, 0.15) is 5.75 Å². The van der Waals surface area contributed by atoms with Crippen LogP contribution in [-0.4, -0.2) is 24.4 Å². The standard InChI is InChI=1S/C25H29NO3/c1-25(26,17-27)22-9-7-21-14-23(10-8-20(21)13-22)29-24-11-19(12-24)16-28-15-18-5-3-2-4-6-18/h2-10,13-14,19,24,27H,11-12,15-17,26H2,1H3/t19-,24-,25-/m0/s1. The van der Waals surface area contributed by atoms with Gasteiger partial charge in [0.15, 0.2) is 0 Å². The van der Waals surface area contributed by atoms with E-state index in [9.17, 15) is 5.11 Å². The maximum Gasteiger partial charge on any atom is 0.120 e. The number of aliphatic hydroxyl groups is 1. The van der Waals surface area contributed by atoms with Crippen LogP contribution in [0, 0.1) is 5.92 Å². The summed E-state index contributed by atoms with van der Waals surface area (Å²) in [6.07, 6.45) is 2.33. The van der Waals surface area contributed by atoms with E-state index in [1.807, 2.05) is 49.4 Å². The highest BCUT2D eigenvalue weighted by molar-refractivity contribution is 5.84. The Morgan fingerprint density at radius 2 is 1.72 bits per heavy atom. The lowest BCUT2D eigenvalue weighted by Gasteiger charge is -2.35. The first-order valence-corrected chi connectivity index (χ1v) is 10.3. The van der Waals surface area contributed by atoms with Crippen molar-refractivity contribution in [2.45, 2.75) is 38.0 Å². The third kappa shape index (κ3) is 4.78. The summed E-state index contributed by atoms with van der Waals surface area (Å²) >= 11 is 0. The zero-order chi connectivity index (χ0) is 20.3. The average molecular weight is 392 g/mol. The summed E-state index contributed by atoms with van der Waals surface area (Å²) in [7, 11) is 0. The van der Waals surface area contributed by atoms with Gasteiger partial charge in [-0.2, -0.15) is 0 Å². The van der Waals surface area contributed by atoms with E-state index in [2.05, 4.69) is 24.3 Å². The first-order valence-electron chi connectivity index (χ1n) is 10.3. The summed E-state index contributed by atoms with van der Waals surface area (Å²) in [6.45, 7) is 3.21. The van der Waals surface area contributed by atoms with Crippen molar-refractivity contribution in [1.82, 2.24) is 0 Å². The molecule has 3 aromatic rings. The van der Waals surface area contributed by atoms with Crippen molar-refractivity contribution in [3.8, 4) is 5.75 Å². The molecule has 4 nitrogen and oxygen atoms in total. The van der Waals surface area contributed by atoms with Crippen LogP contribution in [0.5, 0.6) is 5.75 Å². The van der Waals surface area contributed by atoms with Crippen molar-refractivity contribution in [3.63, 3.8) is 0 Å². The molecule has 0 bridgehead atoms. The summed E-state index contributed by atoms with van der Waals surface area (Å²) in [5.41, 5.74) is 7.56. The molecule has 1 aliphatic rings. The van der Waals surface area contributed by atoms with Crippen LogP contribution < -0.4 is 10.5 Å². The molecule has 0 heterocycles. The predicted molar refractivity (Wildman–Crippen MR) is 116 cm³/mol. The minimum atomic E-state index is -0.729. The molecule has 0 unspecified atom stereocenters. The van der Waals surface area contributed by atoms with Gasteiger partial charge >= 0.3 is 0 Å².